The van der Waals surface area contributed by atoms with Gasteiger partial charge in [-0.3, -0.25) is 0 Å². The summed E-state index contributed by atoms with van der Waals surface area (Å²) in [6.07, 6.45) is 7.33. The van der Waals surface area contributed by atoms with E-state index >= 15 is 0 Å². The zero-order valence-electron chi connectivity index (χ0n) is 11.7. The van der Waals surface area contributed by atoms with Crippen molar-refractivity contribution in [1.82, 2.24) is 0 Å². The van der Waals surface area contributed by atoms with Crippen LogP contribution < -0.4 is 0 Å². The summed E-state index contributed by atoms with van der Waals surface area (Å²) in [5.74, 6) is 0. The first-order chi connectivity index (χ1) is 9.40. The van der Waals surface area contributed by atoms with Crippen molar-refractivity contribution in [3.8, 4) is 0 Å². The molecule has 0 aliphatic heterocycles. The van der Waals surface area contributed by atoms with Crippen LogP contribution >= 0.6 is 0 Å². The van der Waals surface area contributed by atoms with Gasteiger partial charge in [-0.1, -0.05) is 86.5 Å². The van der Waals surface area contributed by atoms with Crippen LogP contribution in [0.2, 0.25) is 0 Å². The van der Waals surface area contributed by atoms with E-state index in [1.165, 1.54) is 36.0 Å². The summed E-state index contributed by atoms with van der Waals surface area (Å²) in [5, 5.41) is 0. The molecule has 0 spiro atoms. The molecule has 2 aromatic rings. The highest BCUT2D eigenvalue weighted by molar-refractivity contribution is 5.81. The van der Waals surface area contributed by atoms with Gasteiger partial charge in [-0.25, -0.2) is 0 Å². The zero-order chi connectivity index (χ0) is 13.3. The Morgan fingerprint density at radius 2 is 1.47 bits per heavy atom. The SMILES string of the molecule is CCCCC/C(=C/c1ccccc1)c1ccccc1. The van der Waals surface area contributed by atoms with Gasteiger partial charge < -0.3 is 0 Å². The second kappa shape index (κ2) is 7.58. The van der Waals surface area contributed by atoms with Crippen molar-refractivity contribution in [2.24, 2.45) is 0 Å². The van der Waals surface area contributed by atoms with E-state index < -0.39 is 0 Å². The molecule has 0 fully saturated rings. The highest BCUT2D eigenvalue weighted by atomic mass is 14.1. The molecule has 0 amide bonds. The van der Waals surface area contributed by atoms with Crippen molar-refractivity contribution in [3.63, 3.8) is 0 Å². The second-order valence-corrected chi connectivity index (χ2v) is 4.90. The zero-order valence-corrected chi connectivity index (χ0v) is 11.7. The monoisotopic (exact) mass is 250 g/mol. The molecule has 0 heteroatoms. The fraction of sp³-hybridized carbons (Fsp3) is 0.263. The molecule has 19 heavy (non-hydrogen) atoms. The smallest absolute Gasteiger partial charge is 0.0224 e. The summed E-state index contributed by atoms with van der Waals surface area (Å²) in [7, 11) is 0. The van der Waals surface area contributed by atoms with E-state index in [1.807, 2.05) is 0 Å². The molecule has 0 nitrogen and oxygen atoms in total. The Bertz CT molecular complexity index is 494. The Morgan fingerprint density at radius 3 is 2.11 bits per heavy atom. The normalized spacial score (nSPS) is 11.5. The van der Waals surface area contributed by atoms with Gasteiger partial charge in [0.1, 0.15) is 0 Å². The van der Waals surface area contributed by atoms with Crippen LogP contribution in [0.1, 0.15) is 43.7 Å². The predicted molar refractivity (Wildman–Crippen MR) is 84.9 cm³/mol. The average molecular weight is 250 g/mol. The van der Waals surface area contributed by atoms with Gasteiger partial charge in [-0.15, -0.1) is 0 Å². The molecule has 2 rings (SSSR count). The summed E-state index contributed by atoms with van der Waals surface area (Å²) in [6, 6.07) is 21.3. The number of hydrogen-bond donors (Lipinski definition) is 0. The van der Waals surface area contributed by atoms with Gasteiger partial charge >= 0.3 is 0 Å². The topological polar surface area (TPSA) is 0 Å². The standard InChI is InChI=1S/C19H22/c1-2-3-6-15-19(18-13-9-5-10-14-18)16-17-11-7-4-8-12-17/h4-5,7-14,16H,2-3,6,15H2,1H3/b19-16-. The predicted octanol–water partition coefficient (Wildman–Crippen LogP) is 5.81. The van der Waals surface area contributed by atoms with Gasteiger partial charge in [-0.05, 0) is 29.5 Å². The maximum atomic E-state index is 2.32. The lowest BCUT2D eigenvalue weighted by Gasteiger charge is -2.08. The molecule has 0 bridgehead atoms. The number of benzene rings is 2. The Hall–Kier alpha value is -1.82. The number of allylic oxidation sites excluding steroid dienone is 1. The first-order valence-corrected chi connectivity index (χ1v) is 7.21. The molecule has 0 atom stereocenters. The lowest BCUT2D eigenvalue weighted by Crippen LogP contribution is -1.86. The Kier molecular flexibility index (Phi) is 5.43. The van der Waals surface area contributed by atoms with Crippen molar-refractivity contribution in [1.29, 1.82) is 0 Å². The summed E-state index contributed by atoms with van der Waals surface area (Å²) in [5.41, 5.74) is 4.08. The van der Waals surface area contributed by atoms with Crippen LogP contribution in [0.4, 0.5) is 0 Å². The Labute approximate surface area is 116 Å². The quantitative estimate of drug-likeness (QED) is 0.448. The Morgan fingerprint density at radius 1 is 0.842 bits per heavy atom. The summed E-state index contributed by atoms with van der Waals surface area (Å²) in [6.45, 7) is 2.25. The molecule has 0 aliphatic carbocycles. The van der Waals surface area contributed by atoms with Crippen LogP contribution in [0.25, 0.3) is 11.6 Å². The van der Waals surface area contributed by atoms with Crippen molar-refractivity contribution in [3.05, 3.63) is 71.8 Å². The highest BCUT2D eigenvalue weighted by Gasteiger charge is 2.01. The molecule has 0 saturated carbocycles. The molecule has 98 valence electrons. The van der Waals surface area contributed by atoms with Crippen LogP contribution in [-0.4, -0.2) is 0 Å². The number of hydrogen-bond acceptors (Lipinski definition) is 0. The van der Waals surface area contributed by atoms with Gasteiger partial charge in [0.15, 0.2) is 0 Å². The van der Waals surface area contributed by atoms with E-state index in [0.29, 0.717) is 0 Å². The van der Waals surface area contributed by atoms with Crippen LogP contribution in [0.5, 0.6) is 0 Å². The maximum Gasteiger partial charge on any atom is -0.0224 e. The first kappa shape index (κ1) is 13.6. The van der Waals surface area contributed by atoms with Crippen molar-refractivity contribution in [2.75, 3.05) is 0 Å². The largest absolute Gasteiger partial charge is 0.0654 e. The number of unbranched alkanes of at least 4 members (excludes halogenated alkanes) is 2. The molecule has 0 aromatic heterocycles. The van der Waals surface area contributed by atoms with Crippen LogP contribution in [0, 0.1) is 0 Å². The van der Waals surface area contributed by atoms with Gasteiger partial charge in [0.25, 0.3) is 0 Å². The third-order valence-corrected chi connectivity index (χ3v) is 3.33. The highest BCUT2D eigenvalue weighted by Crippen LogP contribution is 2.23. The van der Waals surface area contributed by atoms with Gasteiger partial charge in [-0.2, -0.15) is 0 Å². The minimum Gasteiger partial charge on any atom is -0.0654 e. The molecule has 0 radical (unpaired) electrons. The van der Waals surface area contributed by atoms with E-state index in [2.05, 4.69) is 73.7 Å². The van der Waals surface area contributed by atoms with E-state index in [1.54, 1.807) is 0 Å². The van der Waals surface area contributed by atoms with E-state index in [-0.39, 0.29) is 0 Å². The molecule has 0 heterocycles. The van der Waals surface area contributed by atoms with Crippen LogP contribution in [0.3, 0.4) is 0 Å². The first-order valence-electron chi connectivity index (χ1n) is 7.21. The third kappa shape index (κ3) is 4.40. The molecular weight excluding hydrogens is 228 g/mol. The van der Waals surface area contributed by atoms with Crippen LogP contribution in [-0.2, 0) is 0 Å². The second-order valence-electron chi connectivity index (χ2n) is 4.90. The van der Waals surface area contributed by atoms with E-state index in [4.69, 9.17) is 0 Å². The summed E-state index contributed by atoms with van der Waals surface area (Å²) < 4.78 is 0. The minimum absolute atomic E-state index is 1.16. The van der Waals surface area contributed by atoms with Crippen molar-refractivity contribution >= 4 is 11.6 Å². The molecule has 0 unspecified atom stereocenters. The molecule has 0 N–H and O–H groups in total. The number of rotatable bonds is 6. The lowest BCUT2D eigenvalue weighted by molar-refractivity contribution is 0.736. The van der Waals surface area contributed by atoms with E-state index in [0.717, 1.165) is 6.42 Å². The molecule has 0 aliphatic rings. The van der Waals surface area contributed by atoms with Crippen LogP contribution in [0.15, 0.2) is 60.7 Å². The van der Waals surface area contributed by atoms with Crippen molar-refractivity contribution < 1.29 is 0 Å². The lowest BCUT2D eigenvalue weighted by atomic mass is 9.97. The molecular formula is C19H22. The van der Waals surface area contributed by atoms with Gasteiger partial charge in [0.2, 0.25) is 0 Å². The molecule has 0 saturated heterocycles. The van der Waals surface area contributed by atoms with Gasteiger partial charge in [0, 0.05) is 0 Å². The minimum atomic E-state index is 1.16. The van der Waals surface area contributed by atoms with Gasteiger partial charge in [0.05, 0.1) is 0 Å². The maximum absolute atomic E-state index is 2.32. The Balaban J connectivity index is 2.22. The molecule has 2 aromatic carbocycles. The van der Waals surface area contributed by atoms with Crippen molar-refractivity contribution in [2.45, 2.75) is 32.6 Å². The average Bonchev–Trinajstić information content (AvgIpc) is 2.48. The fourth-order valence-electron chi connectivity index (χ4n) is 2.27. The summed E-state index contributed by atoms with van der Waals surface area (Å²) in [4.78, 5) is 0. The third-order valence-electron chi connectivity index (χ3n) is 3.33. The summed E-state index contributed by atoms with van der Waals surface area (Å²) >= 11 is 0. The fourth-order valence-corrected chi connectivity index (χ4v) is 2.27. The van der Waals surface area contributed by atoms with E-state index in [9.17, 15) is 0 Å².